The van der Waals surface area contributed by atoms with Gasteiger partial charge in [-0.3, -0.25) is 4.79 Å². The van der Waals surface area contributed by atoms with Gasteiger partial charge in [-0.25, -0.2) is 0 Å². The third kappa shape index (κ3) is 2.21. The Bertz CT molecular complexity index is 566. The van der Waals surface area contributed by atoms with Crippen molar-refractivity contribution in [1.29, 1.82) is 0 Å². The average molecular weight is 330 g/mol. The molecule has 24 heavy (non-hydrogen) atoms. The molecule has 4 aliphatic carbocycles. The van der Waals surface area contributed by atoms with Crippen LogP contribution in [0.4, 0.5) is 0 Å². The van der Waals surface area contributed by atoms with E-state index in [2.05, 4.69) is 32.3 Å². The minimum Gasteiger partial charge on any atom is -0.317 e. The van der Waals surface area contributed by atoms with Crippen molar-refractivity contribution in [2.75, 3.05) is 7.05 Å². The van der Waals surface area contributed by atoms with Crippen LogP contribution < -0.4 is 5.32 Å². The van der Waals surface area contributed by atoms with E-state index < -0.39 is 0 Å². The molecule has 0 saturated heterocycles. The number of hydrogen-bond acceptors (Lipinski definition) is 2. The van der Waals surface area contributed by atoms with Crippen molar-refractivity contribution >= 4 is 5.78 Å². The van der Waals surface area contributed by atoms with Gasteiger partial charge in [0.2, 0.25) is 0 Å². The van der Waals surface area contributed by atoms with Crippen molar-refractivity contribution < 1.29 is 4.79 Å². The summed E-state index contributed by atoms with van der Waals surface area (Å²) in [4.78, 5) is 12.2. The quantitative estimate of drug-likeness (QED) is 0.741. The Balaban J connectivity index is 1.63. The van der Waals surface area contributed by atoms with E-state index in [-0.39, 0.29) is 5.41 Å². The minimum absolute atomic E-state index is 0.289. The Kier molecular flexibility index (Phi) is 3.99. The highest BCUT2D eigenvalue weighted by atomic mass is 16.1. The van der Waals surface area contributed by atoms with Gasteiger partial charge in [-0.05, 0) is 93.9 Å². The molecule has 3 saturated carbocycles. The summed E-state index contributed by atoms with van der Waals surface area (Å²) in [5.74, 6) is 3.25. The Labute approximate surface area is 147 Å². The summed E-state index contributed by atoms with van der Waals surface area (Å²) >= 11 is 0. The van der Waals surface area contributed by atoms with Gasteiger partial charge in [0.15, 0.2) is 0 Å². The van der Waals surface area contributed by atoms with Gasteiger partial charge in [-0.2, -0.15) is 0 Å². The molecule has 3 fully saturated rings. The summed E-state index contributed by atoms with van der Waals surface area (Å²) in [6, 6.07) is 0.684. The summed E-state index contributed by atoms with van der Waals surface area (Å²) in [5.41, 5.74) is 2.47. The Hall–Kier alpha value is -0.630. The molecule has 2 nitrogen and oxygen atoms in total. The zero-order valence-electron chi connectivity index (χ0n) is 16.0. The van der Waals surface area contributed by atoms with Crippen molar-refractivity contribution in [2.24, 2.45) is 34.5 Å². The largest absolute Gasteiger partial charge is 0.317 e. The normalized spacial score (nSPS) is 50.5. The molecule has 7 atom stereocenters. The Morgan fingerprint density at radius 3 is 2.62 bits per heavy atom. The maximum Gasteiger partial charge on any atom is 0.133 e. The zero-order valence-corrected chi connectivity index (χ0v) is 16.0. The third-order valence-electron chi connectivity index (χ3n) is 9.00. The zero-order chi connectivity index (χ0) is 17.1. The lowest BCUT2D eigenvalue weighted by Gasteiger charge is -2.58. The van der Waals surface area contributed by atoms with E-state index in [1.807, 2.05) is 6.92 Å². The molecular formula is C22H35NO. The monoisotopic (exact) mass is 329 g/mol. The van der Waals surface area contributed by atoms with Gasteiger partial charge < -0.3 is 5.32 Å². The van der Waals surface area contributed by atoms with Gasteiger partial charge in [0.25, 0.3) is 0 Å². The number of hydrogen-bond donors (Lipinski definition) is 1. The SMILES string of the molecule is CN[C@@H]1CC[C@@]2(C)C(=CC[C@H]3[C@H]4CC[C@@H](C(C)=O)[C@@]4(C)CC[C@@H]32)C1. The van der Waals surface area contributed by atoms with E-state index in [0.717, 1.165) is 24.2 Å². The van der Waals surface area contributed by atoms with Crippen LogP contribution in [0.15, 0.2) is 11.6 Å². The first kappa shape index (κ1) is 16.8. The number of allylic oxidation sites excluding steroid dienone is 1. The van der Waals surface area contributed by atoms with E-state index in [4.69, 9.17) is 0 Å². The number of rotatable bonds is 2. The smallest absolute Gasteiger partial charge is 0.133 e. The highest BCUT2D eigenvalue weighted by Crippen LogP contribution is 2.66. The number of ketones is 1. The summed E-state index contributed by atoms with van der Waals surface area (Å²) < 4.78 is 0. The predicted molar refractivity (Wildman–Crippen MR) is 98.7 cm³/mol. The first-order valence-electron chi connectivity index (χ1n) is 10.3. The molecule has 1 N–H and O–H groups in total. The molecule has 134 valence electrons. The van der Waals surface area contributed by atoms with Crippen molar-refractivity contribution in [2.45, 2.75) is 78.2 Å². The van der Waals surface area contributed by atoms with Gasteiger partial charge in [0, 0.05) is 12.0 Å². The fraction of sp³-hybridized carbons (Fsp3) is 0.864. The van der Waals surface area contributed by atoms with Crippen LogP contribution in [0.5, 0.6) is 0 Å². The first-order valence-corrected chi connectivity index (χ1v) is 10.3. The molecule has 0 heterocycles. The van der Waals surface area contributed by atoms with Crippen molar-refractivity contribution in [3.05, 3.63) is 11.6 Å². The number of nitrogens with one attached hydrogen (secondary N) is 1. The molecule has 0 radical (unpaired) electrons. The molecule has 0 aromatic heterocycles. The van der Waals surface area contributed by atoms with Crippen LogP contribution in [0.25, 0.3) is 0 Å². The molecule has 4 aliphatic rings. The van der Waals surface area contributed by atoms with Crippen molar-refractivity contribution in [3.8, 4) is 0 Å². The first-order chi connectivity index (χ1) is 11.4. The molecule has 0 unspecified atom stereocenters. The van der Waals surface area contributed by atoms with Crippen LogP contribution in [0, 0.1) is 34.5 Å². The molecule has 0 aromatic rings. The summed E-state index contributed by atoms with van der Waals surface area (Å²) in [6.45, 7) is 6.86. The van der Waals surface area contributed by atoms with E-state index in [1.54, 1.807) is 5.57 Å². The second-order valence-corrected chi connectivity index (χ2v) is 9.77. The second kappa shape index (κ2) is 5.69. The molecule has 2 heteroatoms. The average Bonchev–Trinajstić information content (AvgIpc) is 2.91. The number of Topliss-reactive ketones (excluding diaryl/α,β-unsaturated/α-hetero) is 1. The summed E-state index contributed by atoms with van der Waals surface area (Å²) in [5, 5.41) is 3.51. The molecule has 0 amide bonds. The van der Waals surface area contributed by atoms with Crippen LogP contribution >= 0.6 is 0 Å². The number of carbonyl (C=O) groups excluding carboxylic acids is 1. The maximum atomic E-state index is 12.2. The lowest BCUT2D eigenvalue weighted by molar-refractivity contribution is -0.127. The van der Waals surface area contributed by atoms with Gasteiger partial charge in [-0.1, -0.05) is 25.5 Å². The number of fused-ring (bicyclic) bond motifs is 5. The van der Waals surface area contributed by atoms with Gasteiger partial charge in [0.05, 0.1) is 0 Å². The molecule has 0 bridgehead atoms. The third-order valence-corrected chi connectivity index (χ3v) is 9.00. The maximum absolute atomic E-state index is 12.2. The van der Waals surface area contributed by atoms with Crippen LogP contribution in [-0.2, 0) is 4.79 Å². The van der Waals surface area contributed by atoms with Crippen LogP contribution in [-0.4, -0.2) is 18.9 Å². The van der Waals surface area contributed by atoms with E-state index in [1.165, 1.54) is 44.9 Å². The highest BCUT2D eigenvalue weighted by Gasteiger charge is 2.59. The van der Waals surface area contributed by atoms with E-state index in [0.29, 0.717) is 23.2 Å². The van der Waals surface area contributed by atoms with Crippen molar-refractivity contribution in [3.63, 3.8) is 0 Å². The fourth-order valence-electron chi connectivity index (χ4n) is 7.58. The minimum atomic E-state index is 0.289. The topological polar surface area (TPSA) is 29.1 Å². The van der Waals surface area contributed by atoms with Crippen LogP contribution in [0.1, 0.15) is 72.1 Å². The lowest BCUT2D eigenvalue weighted by atomic mass is 9.47. The lowest BCUT2D eigenvalue weighted by Crippen LogP contribution is -2.51. The van der Waals surface area contributed by atoms with Gasteiger partial charge in [0.1, 0.15) is 5.78 Å². The molecule has 0 spiro atoms. The molecular weight excluding hydrogens is 294 g/mol. The standard InChI is InChI=1S/C22H35NO/c1-14(24)18-7-8-19-17-6-5-15-13-16(23-4)9-11-21(15,2)20(17)10-12-22(18,19)3/h5,16-20,23H,6-13H2,1-4H3/t16-,17+,18+,19-,20+,21+,22-/m1/s1. The predicted octanol–water partition coefficient (Wildman–Crippen LogP) is 4.74. The van der Waals surface area contributed by atoms with E-state index >= 15 is 0 Å². The molecule has 0 aliphatic heterocycles. The Morgan fingerprint density at radius 1 is 1.12 bits per heavy atom. The van der Waals surface area contributed by atoms with Crippen molar-refractivity contribution in [1.82, 2.24) is 5.32 Å². The van der Waals surface area contributed by atoms with Crippen LogP contribution in [0.2, 0.25) is 0 Å². The van der Waals surface area contributed by atoms with Crippen LogP contribution in [0.3, 0.4) is 0 Å². The van der Waals surface area contributed by atoms with Gasteiger partial charge >= 0.3 is 0 Å². The second-order valence-electron chi connectivity index (χ2n) is 9.77. The number of carbonyl (C=O) groups is 1. The molecule has 4 rings (SSSR count). The fourth-order valence-corrected chi connectivity index (χ4v) is 7.58. The summed E-state index contributed by atoms with van der Waals surface area (Å²) in [7, 11) is 2.12. The van der Waals surface area contributed by atoms with E-state index in [9.17, 15) is 4.79 Å². The van der Waals surface area contributed by atoms with Gasteiger partial charge in [-0.15, -0.1) is 0 Å². The highest BCUT2D eigenvalue weighted by molar-refractivity contribution is 5.79. The Morgan fingerprint density at radius 2 is 1.92 bits per heavy atom. The summed E-state index contributed by atoms with van der Waals surface area (Å²) in [6.07, 6.45) is 12.9. The molecule has 0 aromatic carbocycles.